The fraction of sp³-hybridized carbons (Fsp3) is 0.385. The van der Waals surface area contributed by atoms with Crippen LogP contribution in [0.4, 0.5) is 0 Å². The average molecular weight is 395 g/mol. The maximum Gasteiger partial charge on any atom is 0.0978 e. The molecule has 0 N–H and O–H groups in total. The van der Waals surface area contributed by atoms with Gasteiger partial charge >= 0.3 is 0 Å². The lowest BCUT2D eigenvalue weighted by Crippen LogP contribution is -2.51. The largest absolute Gasteiger partial charge is 0.317 e. The van der Waals surface area contributed by atoms with Crippen LogP contribution in [-0.4, -0.2) is 30.7 Å². The lowest BCUT2D eigenvalue weighted by Gasteiger charge is -2.40. The molecule has 148 valence electrons. The molecular formula is C26H33ClN+. The second kappa shape index (κ2) is 10.6. The van der Waals surface area contributed by atoms with Crippen LogP contribution in [0.25, 0.3) is 0 Å². The third-order valence-electron chi connectivity index (χ3n) is 5.87. The zero-order chi connectivity index (χ0) is 19.7. The minimum Gasteiger partial charge on any atom is -0.317 e. The first-order valence-electron chi connectivity index (χ1n) is 10.6. The summed E-state index contributed by atoms with van der Waals surface area (Å²) >= 11 is 6.28. The number of rotatable bonds is 8. The predicted octanol–water partition coefficient (Wildman–Crippen LogP) is 6.63. The number of allylic oxidation sites excluding steroid dienone is 2. The van der Waals surface area contributed by atoms with Crippen molar-refractivity contribution in [2.75, 3.05) is 26.2 Å². The molecule has 0 spiro atoms. The Morgan fingerprint density at radius 1 is 0.893 bits per heavy atom. The van der Waals surface area contributed by atoms with Crippen LogP contribution in [0.1, 0.15) is 37.3 Å². The molecule has 1 saturated heterocycles. The van der Waals surface area contributed by atoms with Crippen molar-refractivity contribution in [1.29, 1.82) is 0 Å². The van der Waals surface area contributed by atoms with Gasteiger partial charge in [0.25, 0.3) is 0 Å². The van der Waals surface area contributed by atoms with Crippen molar-refractivity contribution in [3.05, 3.63) is 94.5 Å². The molecule has 0 unspecified atom stereocenters. The highest BCUT2D eigenvalue weighted by Gasteiger charge is 2.27. The summed E-state index contributed by atoms with van der Waals surface area (Å²) in [6.45, 7) is 7.15. The van der Waals surface area contributed by atoms with Gasteiger partial charge in [-0.25, -0.2) is 0 Å². The van der Waals surface area contributed by atoms with Crippen LogP contribution in [0.2, 0.25) is 5.02 Å². The van der Waals surface area contributed by atoms with Gasteiger partial charge in [0.2, 0.25) is 0 Å². The molecule has 2 heteroatoms. The summed E-state index contributed by atoms with van der Waals surface area (Å²) in [7, 11) is 0. The van der Waals surface area contributed by atoms with E-state index in [1.54, 1.807) is 0 Å². The molecule has 1 fully saturated rings. The summed E-state index contributed by atoms with van der Waals surface area (Å²) in [5, 5.41) is 0.869. The standard InChI is InChI=1S/C26H33ClN/c1-23(22-24-12-4-2-5-13-24)17-21-28(18-9-3-10-19-28)20-11-8-15-25-14-6-7-16-26(25)27/h2,4-8,11-14,16-17H,3,9-10,15,18-22H2,1H3/q+1/b11-8+,23-17+. The highest BCUT2D eigenvalue weighted by molar-refractivity contribution is 6.31. The summed E-state index contributed by atoms with van der Waals surface area (Å²) < 4.78 is 1.20. The second-order valence-electron chi connectivity index (χ2n) is 8.19. The molecule has 0 atom stereocenters. The van der Waals surface area contributed by atoms with Crippen molar-refractivity contribution in [2.24, 2.45) is 0 Å². The van der Waals surface area contributed by atoms with E-state index in [-0.39, 0.29) is 0 Å². The number of likely N-dealkylation sites (tertiary alicyclic amines) is 1. The first-order chi connectivity index (χ1) is 13.7. The molecule has 1 aliphatic rings. The van der Waals surface area contributed by atoms with Gasteiger partial charge in [-0.05, 0) is 68.4 Å². The van der Waals surface area contributed by atoms with Gasteiger partial charge in [-0.2, -0.15) is 0 Å². The zero-order valence-electron chi connectivity index (χ0n) is 17.1. The van der Waals surface area contributed by atoms with Gasteiger partial charge < -0.3 is 4.48 Å². The first-order valence-corrected chi connectivity index (χ1v) is 11.0. The van der Waals surface area contributed by atoms with E-state index in [9.17, 15) is 0 Å². The topological polar surface area (TPSA) is 0 Å². The smallest absolute Gasteiger partial charge is 0.0978 e. The molecule has 1 nitrogen and oxygen atoms in total. The van der Waals surface area contributed by atoms with E-state index in [4.69, 9.17) is 11.6 Å². The number of quaternary nitrogens is 1. The molecule has 0 aliphatic carbocycles. The molecule has 0 bridgehead atoms. The molecule has 2 aromatic carbocycles. The zero-order valence-corrected chi connectivity index (χ0v) is 17.9. The summed E-state index contributed by atoms with van der Waals surface area (Å²) in [5.41, 5.74) is 4.10. The van der Waals surface area contributed by atoms with Crippen molar-refractivity contribution in [3.8, 4) is 0 Å². The molecule has 2 aromatic rings. The Bertz CT molecular complexity index is 785. The van der Waals surface area contributed by atoms with Crippen molar-refractivity contribution >= 4 is 11.6 Å². The third-order valence-corrected chi connectivity index (χ3v) is 6.24. The Labute approximate surface area is 175 Å². The van der Waals surface area contributed by atoms with E-state index in [1.165, 1.54) is 53.5 Å². The highest BCUT2D eigenvalue weighted by Crippen LogP contribution is 2.21. The SMILES string of the molecule is C/C(=C\C[N+]1(C/C=C/Cc2ccccc2Cl)CCCCC1)Cc1ccccc1. The van der Waals surface area contributed by atoms with E-state index < -0.39 is 0 Å². The van der Waals surface area contributed by atoms with Gasteiger partial charge in [0.1, 0.15) is 0 Å². The van der Waals surface area contributed by atoms with Crippen LogP contribution in [0, 0.1) is 0 Å². The summed E-state index contributed by atoms with van der Waals surface area (Å²) in [5.74, 6) is 0. The summed E-state index contributed by atoms with van der Waals surface area (Å²) in [6, 6.07) is 18.9. The monoisotopic (exact) mass is 394 g/mol. The van der Waals surface area contributed by atoms with E-state index in [0.717, 1.165) is 31.0 Å². The average Bonchev–Trinajstić information content (AvgIpc) is 2.73. The molecule has 3 rings (SSSR count). The molecule has 1 aliphatic heterocycles. The Morgan fingerprint density at radius 2 is 1.61 bits per heavy atom. The molecule has 0 amide bonds. The number of piperidine rings is 1. The van der Waals surface area contributed by atoms with Gasteiger partial charge in [-0.15, -0.1) is 0 Å². The van der Waals surface area contributed by atoms with Gasteiger partial charge in [0.15, 0.2) is 0 Å². The van der Waals surface area contributed by atoms with Crippen LogP contribution >= 0.6 is 11.6 Å². The minimum absolute atomic E-state index is 0.869. The van der Waals surface area contributed by atoms with Gasteiger partial charge in [-0.1, -0.05) is 71.8 Å². The fourth-order valence-corrected chi connectivity index (χ4v) is 4.35. The molecule has 0 radical (unpaired) electrons. The molecular weight excluding hydrogens is 362 g/mol. The lowest BCUT2D eigenvalue weighted by molar-refractivity contribution is -0.921. The quantitative estimate of drug-likeness (QED) is 0.348. The maximum absolute atomic E-state index is 6.28. The van der Waals surface area contributed by atoms with Crippen LogP contribution in [0.3, 0.4) is 0 Å². The van der Waals surface area contributed by atoms with E-state index in [2.05, 4.69) is 67.6 Å². The highest BCUT2D eigenvalue weighted by atomic mass is 35.5. The van der Waals surface area contributed by atoms with Crippen LogP contribution in [-0.2, 0) is 12.8 Å². The van der Waals surface area contributed by atoms with Crippen LogP contribution < -0.4 is 0 Å². The van der Waals surface area contributed by atoms with Crippen LogP contribution in [0.5, 0.6) is 0 Å². The van der Waals surface area contributed by atoms with Crippen molar-refractivity contribution < 1.29 is 4.48 Å². The van der Waals surface area contributed by atoms with Crippen LogP contribution in [0.15, 0.2) is 78.4 Å². The molecule has 0 saturated carbocycles. The Balaban J connectivity index is 1.59. The molecule has 0 aromatic heterocycles. The first kappa shape index (κ1) is 20.9. The number of hydrogen-bond acceptors (Lipinski definition) is 0. The predicted molar refractivity (Wildman–Crippen MR) is 122 cm³/mol. The number of benzene rings is 2. The summed E-state index contributed by atoms with van der Waals surface area (Å²) in [6.07, 6.45) is 13.2. The maximum atomic E-state index is 6.28. The van der Waals surface area contributed by atoms with Crippen molar-refractivity contribution in [1.82, 2.24) is 0 Å². The minimum atomic E-state index is 0.869. The number of hydrogen-bond donors (Lipinski definition) is 0. The van der Waals surface area contributed by atoms with E-state index in [0.29, 0.717) is 0 Å². The fourth-order valence-electron chi connectivity index (χ4n) is 4.13. The Hall–Kier alpha value is -1.83. The lowest BCUT2D eigenvalue weighted by atomic mass is 10.0. The summed E-state index contributed by atoms with van der Waals surface area (Å²) in [4.78, 5) is 0. The van der Waals surface area contributed by atoms with Gasteiger partial charge in [0.05, 0.1) is 26.2 Å². The number of halogens is 1. The Kier molecular flexibility index (Phi) is 7.94. The normalized spacial score (nSPS) is 17.1. The third kappa shape index (κ3) is 6.36. The van der Waals surface area contributed by atoms with E-state index in [1.807, 2.05) is 12.1 Å². The second-order valence-corrected chi connectivity index (χ2v) is 8.60. The van der Waals surface area contributed by atoms with Crippen molar-refractivity contribution in [2.45, 2.75) is 39.0 Å². The molecule has 1 heterocycles. The van der Waals surface area contributed by atoms with Crippen molar-refractivity contribution in [3.63, 3.8) is 0 Å². The van der Waals surface area contributed by atoms with Gasteiger partial charge in [-0.3, -0.25) is 0 Å². The number of nitrogens with zero attached hydrogens (tertiary/aromatic N) is 1. The molecule has 28 heavy (non-hydrogen) atoms. The Morgan fingerprint density at radius 3 is 2.36 bits per heavy atom. The van der Waals surface area contributed by atoms with E-state index >= 15 is 0 Å². The van der Waals surface area contributed by atoms with Gasteiger partial charge in [0, 0.05) is 5.02 Å².